The van der Waals surface area contributed by atoms with Gasteiger partial charge in [0.15, 0.2) is 0 Å². The van der Waals surface area contributed by atoms with Gasteiger partial charge in [-0.1, -0.05) is 219 Å². The van der Waals surface area contributed by atoms with Gasteiger partial charge in [-0.3, -0.25) is 0 Å². The van der Waals surface area contributed by atoms with Gasteiger partial charge in [-0.05, 0) is 25.7 Å². The van der Waals surface area contributed by atoms with Crippen molar-refractivity contribution >= 4 is 0 Å². The summed E-state index contributed by atoms with van der Waals surface area (Å²) in [5, 5.41) is 0. The normalized spacial score (nSPS) is 11.7. The predicted molar refractivity (Wildman–Crippen MR) is 177 cm³/mol. The van der Waals surface area contributed by atoms with Crippen LogP contribution in [0.25, 0.3) is 0 Å². The molecule has 0 aromatic heterocycles. The third-order valence-corrected chi connectivity index (χ3v) is 8.62. The van der Waals surface area contributed by atoms with Gasteiger partial charge >= 0.3 is 0 Å². The van der Waals surface area contributed by atoms with Crippen molar-refractivity contribution in [3.05, 3.63) is 12.2 Å². The topological polar surface area (TPSA) is 0 Å². The van der Waals surface area contributed by atoms with Crippen LogP contribution in [0.3, 0.4) is 0 Å². The zero-order valence-electron chi connectivity index (χ0n) is 27.2. The molecule has 0 fully saturated rings. The minimum Gasteiger partial charge on any atom is -0.0885 e. The van der Waals surface area contributed by atoms with Gasteiger partial charge in [0, 0.05) is 0 Å². The molecule has 0 rings (SSSR count). The Bertz CT molecular complexity index is 370. The van der Waals surface area contributed by atoms with E-state index >= 15 is 0 Å². The van der Waals surface area contributed by atoms with Crippen LogP contribution in [0.2, 0.25) is 0 Å². The van der Waals surface area contributed by atoms with Crippen LogP contribution in [0.1, 0.15) is 232 Å². The van der Waals surface area contributed by atoms with Crippen LogP contribution in [-0.2, 0) is 0 Å². The first-order valence-electron chi connectivity index (χ1n) is 18.6. The Morgan fingerprint density at radius 3 is 0.553 bits per heavy atom. The lowest BCUT2D eigenvalue weighted by molar-refractivity contribution is 0.529. The van der Waals surface area contributed by atoms with E-state index in [0.717, 1.165) is 0 Å². The van der Waals surface area contributed by atoms with Crippen molar-refractivity contribution in [3.63, 3.8) is 0 Å². The van der Waals surface area contributed by atoms with E-state index in [-0.39, 0.29) is 0 Å². The molecule has 0 aromatic carbocycles. The second-order valence-electron chi connectivity index (χ2n) is 12.7. The molecule has 0 saturated carbocycles. The summed E-state index contributed by atoms with van der Waals surface area (Å²) in [6, 6.07) is 0. The molecule has 0 aliphatic rings. The van der Waals surface area contributed by atoms with Gasteiger partial charge in [-0.2, -0.15) is 0 Å². The quantitative estimate of drug-likeness (QED) is 0.0571. The van der Waals surface area contributed by atoms with Crippen molar-refractivity contribution in [2.75, 3.05) is 0 Å². The summed E-state index contributed by atoms with van der Waals surface area (Å²) in [6.45, 7) is 4.61. The molecule has 0 saturated heterocycles. The van der Waals surface area contributed by atoms with Gasteiger partial charge in [-0.15, -0.1) is 0 Å². The van der Waals surface area contributed by atoms with Crippen molar-refractivity contribution in [2.24, 2.45) is 0 Å². The second-order valence-corrected chi connectivity index (χ2v) is 12.7. The summed E-state index contributed by atoms with van der Waals surface area (Å²) in [7, 11) is 0. The number of rotatable bonds is 34. The Balaban J connectivity index is 3.07. The van der Waals surface area contributed by atoms with E-state index < -0.39 is 0 Å². The molecule has 0 amide bonds. The third-order valence-electron chi connectivity index (χ3n) is 8.62. The smallest absolute Gasteiger partial charge is 0.0351 e. The average molecular weight is 533 g/mol. The molecular formula is C38H76. The number of allylic oxidation sites excluding steroid dienone is 2. The third kappa shape index (κ3) is 35.7. The highest BCUT2D eigenvalue weighted by Crippen LogP contribution is 2.16. The SMILES string of the molecule is CCCCCCCCCCCCCCCCCC/C=C/CCCCCCCCCCCCCCCCCC. The van der Waals surface area contributed by atoms with E-state index in [2.05, 4.69) is 26.0 Å². The fourth-order valence-corrected chi connectivity index (χ4v) is 5.86. The Labute approximate surface area is 244 Å². The average Bonchev–Trinajstić information content (AvgIpc) is 2.93. The zero-order chi connectivity index (χ0) is 27.5. The summed E-state index contributed by atoms with van der Waals surface area (Å²) in [6.07, 6.45) is 54.4. The van der Waals surface area contributed by atoms with E-state index in [4.69, 9.17) is 0 Å². The highest BCUT2D eigenvalue weighted by molar-refractivity contribution is 4.81. The molecule has 0 nitrogen and oxygen atoms in total. The minimum atomic E-state index is 1.32. The van der Waals surface area contributed by atoms with Gasteiger partial charge in [0.25, 0.3) is 0 Å². The molecule has 0 bridgehead atoms. The summed E-state index contributed by atoms with van der Waals surface area (Å²) in [5.41, 5.74) is 0. The molecule has 0 aliphatic carbocycles. The molecule has 0 atom stereocenters. The van der Waals surface area contributed by atoms with Crippen molar-refractivity contribution in [1.82, 2.24) is 0 Å². The summed E-state index contributed by atoms with van der Waals surface area (Å²) < 4.78 is 0. The lowest BCUT2D eigenvalue weighted by atomic mass is 10.0. The second kappa shape index (κ2) is 36.7. The Hall–Kier alpha value is -0.260. The summed E-state index contributed by atoms with van der Waals surface area (Å²) in [4.78, 5) is 0. The fraction of sp³-hybridized carbons (Fsp3) is 0.947. The van der Waals surface area contributed by atoms with Crippen LogP contribution in [0.4, 0.5) is 0 Å². The van der Waals surface area contributed by atoms with Crippen molar-refractivity contribution in [2.45, 2.75) is 232 Å². The molecular weight excluding hydrogens is 456 g/mol. The van der Waals surface area contributed by atoms with Crippen LogP contribution in [0.15, 0.2) is 12.2 Å². The fourth-order valence-electron chi connectivity index (χ4n) is 5.86. The van der Waals surface area contributed by atoms with E-state index in [9.17, 15) is 0 Å². The van der Waals surface area contributed by atoms with E-state index in [1.54, 1.807) is 0 Å². The molecule has 0 N–H and O–H groups in total. The number of unbranched alkanes of at least 4 members (excludes halogenated alkanes) is 32. The molecule has 0 heteroatoms. The Morgan fingerprint density at radius 2 is 0.368 bits per heavy atom. The van der Waals surface area contributed by atoms with E-state index in [1.165, 1.54) is 218 Å². The first-order chi connectivity index (χ1) is 18.9. The molecule has 38 heavy (non-hydrogen) atoms. The Morgan fingerprint density at radius 1 is 0.211 bits per heavy atom. The van der Waals surface area contributed by atoms with Crippen molar-refractivity contribution in [3.8, 4) is 0 Å². The number of hydrogen-bond donors (Lipinski definition) is 0. The maximum absolute atomic E-state index is 2.47. The van der Waals surface area contributed by atoms with Crippen LogP contribution < -0.4 is 0 Å². The zero-order valence-corrected chi connectivity index (χ0v) is 27.2. The minimum absolute atomic E-state index is 1.32. The maximum atomic E-state index is 2.47. The lowest BCUT2D eigenvalue weighted by Crippen LogP contribution is -1.83. The highest BCUT2D eigenvalue weighted by Gasteiger charge is 1.96. The van der Waals surface area contributed by atoms with Gasteiger partial charge < -0.3 is 0 Å². The van der Waals surface area contributed by atoms with Gasteiger partial charge in [0.2, 0.25) is 0 Å². The Kier molecular flexibility index (Phi) is 36.5. The van der Waals surface area contributed by atoms with Gasteiger partial charge in [0.05, 0.1) is 0 Å². The van der Waals surface area contributed by atoms with Crippen molar-refractivity contribution < 1.29 is 0 Å². The predicted octanol–water partition coefficient (Wildman–Crippen LogP) is 14.8. The maximum Gasteiger partial charge on any atom is -0.0351 e. The molecule has 0 heterocycles. The number of hydrogen-bond acceptors (Lipinski definition) is 0. The molecule has 0 unspecified atom stereocenters. The van der Waals surface area contributed by atoms with Crippen LogP contribution in [0.5, 0.6) is 0 Å². The van der Waals surface area contributed by atoms with E-state index in [1.807, 2.05) is 0 Å². The molecule has 0 spiro atoms. The largest absolute Gasteiger partial charge is 0.0885 e. The summed E-state index contributed by atoms with van der Waals surface area (Å²) >= 11 is 0. The van der Waals surface area contributed by atoms with Crippen LogP contribution >= 0.6 is 0 Å². The molecule has 228 valence electrons. The summed E-state index contributed by atoms with van der Waals surface area (Å²) in [5.74, 6) is 0. The van der Waals surface area contributed by atoms with Gasteiger partial charge in [-0.25, -0.2) is 0 Å². The first-order valence-corrected chi connectivity index (χ1v) is 18.6. The molecule has 0 aliphatic heterocycles. The monoisotopic (exact) mass is 533 g/mol. The molecule has 0 radical (unpaired) electrons. The van der Waals surface area contributed by atoms with Crippen LogP contribution in [-0.4, -0.2) is 0 Å². The lowest BCUT2D eigenvalue weighted by Gasteiger charge is -2.03. The standard InChI is InChI=1S/C38H76/c1-3-5-7-9-11-13-15-17-19-21-23-25-27-29-31-33-35-37-38-36-34-32-30-28-26-24-22-20-18-16-14-12-10-8-6-4-2/h37-38H,3-36H2,1-2H3/b38-37+. The van der Waals surface area contributed by atoms with Crippen LogP contribution in [0, 0.1) is 0 Å². The first kappa shape index (κ1) is 37.7. The van der Waals surface area contributed by atoms with E-state index in [0.29, 0.717) is 0 Å². The highest BCUT2D eigenvalue weighted by atomic mass is 14.0. The molecule has 0 aromatic rings. The van der Waals surface area contributed by atoms with Gasteiger partial charge in [0.1, 0.15) is 0 Å². The van der Waals surface area contributed by atoms with Crippen molar-refractivity contribution in [1.29, 1.82) is 0 Å².